The average Bonchev–Trinajstić information content (AvgIpc) is 1.65. The van der Waals surface area contributed by atoms with Crippen LogP contribution in [0.4, 0.5) is 0 Å². The largest absolute Gasteiger partial charge is 0.370 e. The standard InChI is InChI=1S/C4H7Cl2NO2/c1-2-3-4(5,6)7(8)9/h2-3H2,1H3. The topological polar surface area (TPSA) is 43.1 Å². The molecule has 0 fully saturated rings. The average molecular weight is 172 g/mol. The number of nitrogens with zero attached hydrogens (tertiary/aromatic N) is 1. The molecule has 0 aliphatic heterocycles. The third-order valence-electron chi connectivity index (χ3n) is 0.818. The van der Waals surface area contributed by atoms with E-state index in [0.717, 1.165) is 0 Å². The summed E-state index contributed by atoms with van der Waals surface area (Å²) < 4.78 is -1.78. The van der Waals surface area contributed by atoms with Crippen LogP contribution in [-0.2, 0) is 0 Å². The van der Waals surface area contributed by atoms with Crippen LogP contribution in [0.25, 0.3) is 0 Å². The first-order chi connectivity index (χ1) is 4.00. The van der Waals surface area contributed by atoms with E-state index >= 15 is 0 Å². The van der Waals surface area contributed by atoms with Crippen molar-refractivity contribution in [3.05, 3.63) is 10.1 Å². The van der Waals surface area contributed by atoms with Crippen molar-refractivity contribution in [2.45, 2.75) is 24.2 Å². The van der Waals surface area contributed by atoms with Crippen molar-refractivity contribution >= 4 is 23.2 Å². The van der Waals surface area contributed by atoms with Crippen molar-refractivity contribution in [2.24, 2.45) is 0 Å². The minimum Gasteiger partial charge on any atom is -0.261 e. The minimum atomic E-state index is -1.78. The smallest absolute Gasteiger partial charge is 0.261 e. The molecule has 0 amide bonds. The molecule has 0 aromatic rings. The highest BCUT2D eigenvalue weighted by Gasteiger charge is 2.35. The molecule has 0 aliphatic carbocycles. The fourth-order valence-corrected chi connectivity index (χ4v) is 0.770. The number of nitro groups is 1. The summed E-state index contributed by atoms with van der Waals surface area (Å²) >= 11 is 10.5. The Morgan fingerprint density at radius 3 is 2.22 bits per heavy atom. The van der Waals surface area contributed by atoms with Crippen LogP contribution in [-0.4, -0.2) is 9.38 Å². The molecule has 0 unspecified atom stereocenters. The first kappa shape index (κ1) is 8.98. The van der Waals surface area contributed by atoms with Gasteiger partial charge in [-0.05, 0) is 29.6 Å². The molecule has 0 spiro atoms. The molecule has 0 aromatic heterocycles. The van der Waals surface area contributed by atoms with E-state index in [1.165, 1.54) is 0 Å². The highest BCUT2D eigenvalue weighted by molar-refractivity contribution is 6.46. The van der Waals surface area contributed by atoms with E-state index in [9.17, 15) is 10.1 Å². The van der Waals surface area contributed by atoms with Crippen LogP contribution < -0.4 is 0 Å². The molecule has 0 saturated heterocycles. The van der Waals surface area contributed by atoms with Crippen LogP contribution in [0, 0.1) is 10.1 Å². The first-order valence-electron chi connectivity index (χ1n) is 2.53. The third kappa shape index (κ3) is 2.87. The summed E-state index contributed by atoms with van der Waals surface area (Å²) in [6.45, 7) is 1.78. The van der Waals surface area contributed by atoms with Gasteiger partial charge in [-0.1, -0.05) is 6.92 Å². The van der Waals surface area contributed by atoms with Crippen LogP contribution >= 0.6 is 23.2 Å². The highest BCUT2D eigenvalue weighted by atomic mass is 35.5. The Hall–Kier alpha value is -0.0200. The van der Waals surface area contributed by atoms with Gasteiger partial charge in [0.2, 0.25) is 0 Å². The molecule has 0 aliphatic rings. The summed E-state index contributed by atoms with van der Waals surface area (Å²) in [6, 6.07) is 0. The molecule has 0 N–H and O–H groups in total. The summed E-state index contributed by atoms with van der Waals surface area (Å²) in [5.74, 6) is 0. The van der Waals surface area contributed by atoms with E-state index in [0.29, 0.717) is 6.42 Å². The summed E-state index contributed by atoms with van der Waals surface area (Å²) in [6.07, 6.45) is 0.789. The summed E-state index contributed by atoms with van der Waals surface area (Å²) in [5, 5.41) is 9.95. The van der Waals surface area contributed by atoms with Gasteiger partial charge in [-0.3, -0.25) is 10.1 Å². The van der Waals surface area contributed by atoms with Crippen molar-refractivity contribution < 1.29 is 4.92 Å². The lowest BCUT2D eigenvalue weighted by Crippen LogP contribution is -2.23. The zero-order valence-electron chi connectivity index (χ0n) is 4.93. The van der Waals surface area contributed by atoms with Gasteiger partial charge in [0.25, 0.3) is 0 Å². The quantitative estimate of drug-likeness (QED) is 0.283. The van der Waals surface area contributed by atoms with Crippen molar-refractivity contribution in [1.29, 1.82) is 0 Å². The number of hydrogen-bond acceptors (Lipinski definition) is 2. The van der Waals surface area contributed by atoms with E-state index < -0.39 is 9.38 Å². The molecule has 0 aromatic carbocycles. The van der Waals surface area contributed by atoms with Crippen LogP contribution in [0.5, 0.6) is 0 Å². The third-order valence-corrected chi connectivity index (χ3v) is 1.47. The maximum Gasteiger partial charge on any atom is 0.370 e. The number of alkyl halides is 2. The first-order valence-corrected chi connectivity index (χ1v) is 3.28. The summed E-state index contributed by atoms with van der Waals surface area (Å²) in [4.78, 5) is 9.26. The van der Waals surface area contributed by atoms with Crippen LogP contribution in [0.1, 0.15) is 19.8 Å². The SMILES string of the molecule is CCCC(Cl)(Cl)[N+](=O)[O-]. The van der Waals surface area contributed by atoms with E-state index in [1.807, 2.05) is 0 Å². The molecular weight excluding hydrogens is 165 g/mol. The molecule has 5 heteroatoms. The molecule has 0 bridgehead atoms. The van der Waals surface area contributed by atoms with Crippen LogP contribution in [0.15, 0.2) is 0 Å². The Morgan fingerprint density at radius 2 is 2.11 bits per heavy atom. The lowest BCUT2D eigenvalue weighted by molar-refractivity contribution is -0.516. The molecule has 0 rings (SSSR count). The Balaban J connectivity index is 3.85. The van der Waals surface area contributed by atoms with Crippen molar-refractivity contribution in [2.75, 3.05) is 0 Å². The normalized spacial score (nSPS) is 11.4. The van der Waals surface area contributed by atoms with Gasteiger partial charge in [0.15, 0.2) is 0 Å². The highest BCUT2D eigenvalue weighted by Crippen LogP contribution is 2.26. The molecule has 54 valence electrons. The van der Waals surface area contributed by atoms with E-state index in [2.05, 4.69) is 0 Å². The second kappa shape index (κ2) is 3.22. The summed E-state index contributed by atoms with van der Waals surface area (Å²) in [5.41, 5.74) is 0. The molecule has 0 saturated carbocycles. The fraction of sp³-hybridized carbons (Fsp3) is 1.00. The number of hydrogen-bond donors (Lipinski definition) is 0. The second-order valence-electron chi connectivity index (χ2n) is 1.67. The molecule has 9 heavy (non-hydrogen) atoms. The van der Waals surface area contributed by atoms with Gasteiger partial charge in [0.05, 0.1) is 4.92 Å². The zero-order chi connectivity index (χ0) is 7.49. The second-order valence-corrected chi connectivity index (χ2v) is 3.12. The zero-order valence-corrected chi connectivity index (χ0v) is 6.45. The monoisotopic (exact) mass is 171 g/mol. The lowest BCUT2D eigenvalue weighted by atomic mass is 10.3. The number of halogens is 2. The van der Waals surface area contributed by atoms with Gasteiger partial charge >= 0.3 is 4.46 Å². The van der Waals surface area contributed by atoms with E-state index in [-0.39, 0.29) is 6.42 Å². The van der Waals surface area contributed by atoms with Crippen molar-refractivity contribution in [3.63, 3.8) is 0 Å². The maximum absolute atomic E-state index is 9.95. The van der Waals surface area contributed by atoms with E-state index in [1.54, 1.807) is 6.92 Å². The predicted octanol–water partition coefficient (Wildman–Crippen LogP) is 2.19. The lowest BCUT2D eigenvalue weighted by Gasteiger charge is -2.06. The van der Waals surface area contributed by atoms with Gasteiger partial charge in [-0.25, -0.2) is 0 Å². The maximum atomic E-state index is 9.95. The molecule has 0 radical (unpaired) electrons. The Bertz CT molecular complexity index is 115. The molecule has 3 nitrogen and oxygen atoms in total. The minimum absolute atomic E-state index is 0.184. The van der Waals surface area contributed by atoms with Crippen LogP contribution in [0.2, 0.25) is 0 Å². The van der Waals surface area contributed by atoms with Gasteiger partial charge in [0, 0.05) is 6.42 Å². The van der Waals surface area contributed by atoms with Crippen molar-refractivity contribution in [1.82, 2.24) is 0 Å². The van der Waals surface area contributed by atoms with Gasteiger partial charge in [-0.2, -0.15) is 0 Å². The molecule has 0 heterocycles. The number of rotatable bonds is 3. The molecule has 0 atom stereocenters. The van der Waals surface area contributed by atoms with E-state index in [4.69, 9.17) is 23.2 Å². The van der Waals surface area contributed by atoms with Gasteiger partial charge < -0.3 is 0 Å². The fourth-order valence-electron chi connectivity index (χ4n) is 0.392. The Kier molecular flexibility index (Phi) is 3.22. The van der Waals surface area contributed by atoms with Gasteiger partial charge in [0.1, 0.15) is 0 Å². The van der Waals surface area contributed by atoms with Crippen LogP contribution in [0.3, 0.4) is 0 Å². The van der Waals surface area contributed by atoms with Crippen molar-refractivity contribution in [3.8, 4) is 0 Å². The van der Waals surface area contributed by atoms with Gasteiger partial charge in [-0.15, -0.1) is 0 Å². The molecular formula is C4H7Cl2NO2. The Labute approximate surface area is 63.1 Å². The predicted molar refractivity (Wildman–Crippen MR) is 36.3 cm³/mol. The summed E-state index contributed by atoms with van der Waals surface area (Å²) in [7, 11) is 0. The Morgan fingerprint density at radius 1 is 1.67 bits per heavy atom.